The average molecular weight is 504 g/mol. The number of halogens is 3. The van der Waals surface area contributed by atoms with Gasteiger partial charge in [0, 0.05) is 53.6 Å². The fourth-order valence-electron chi connectivity index (χ4n) is 3.30. The lowest BCUT2D eigenvalue weighted by Gasteiger charge is -2.14. The van der Waals surface area contributed by atoms with E-state index in [2.05, 4.69) is 35.8 Å². The number of pyridine rings is 2. The molecule has 0 radical (unpaired) electrons. The fraction of sp³-hybridized carbons (Fsp3) is 0.273. The smallest absolute Gasteiger partial charge is 0.421 e. The van der Waals surface area contributed by atoms with Crippen LogP contribution in [0.4, 0.5) is 23.8 Å². The molecular formula is C22H20F3N7O2S. The number of nitrogens with one attached hydrogen (secondary N) is 2. The molecule has 182 valence electrons. The van der Waals surface area contributed by atoms with Crippen LogP contribution in [0.3, 0.4) is 0 Å². The molecule has 0 aliphatic heterocycles. The van der Waals surface area contributed by atoms with Crippen LogP contribution >= 0.6 is 11.3 Å². The molecule has 0 saturated carbocycles. The standard InChI is InChI=1S/C22H20F3N7O2S/c1-4-16-13(6-12(8-27-16)19-32-31-11(3)34-19)15-9-28-18(30-21(33)26-5-2)7-14(15)20-29-17(10-35-20)22(23,24)25/h6-10H,4-5H2,1-3H3,(H2,26,28,30,33). The summed E-state index contributed by atoms with van der Waals surface area (Å²) in [6.07, 6.45) is -0.971. The van der Waals surface area contributed by atoms with Crippen LogP contribution in [0.5, 0.6) is 0 Å². The molecule has 0 spiro atoms. The van der Waals surface area contributed by atoms with E-state index in [1.165, 1.54) is 12.3 Å². The van der Waals surface area contributed by atoms with Crippen molar-refractivity contribution in [2.75, 3.05) is 11.9 Å². The Morgan fingerprint density at radius 3 is 2.51 bits per heavy atom. The monoisotopic (exact) mass is 503 g/mol. The van der Waals surface area contributed by atoms with Crippen molar-refractivity contribution in [1.82, 2.24) is 30.5 Å². The summed E-state index contributed by atoms with van der Waals surface area (Å²) in [5.41, 5.74) is 1.71. The van der Waals surface area contributed by atoms with Crippen LogP contribution in [0.1, 0.15) is 31.1 Å². The molecule has 4 heterocycles. The minimum absolute atomic E-state index is 0.120. The largest absolute Gasteiger partial charge is 0.434 e. The van der Waals surface area contributed by atoms with Crippen molar-refractivity contribution in [3.05, 3.63) is 47.2 Å². The highest BCUT2D eigenvalue weighted by Gasteiger charge is 2.34. The molecule has 9 nitrogen and oxygen atoms in total. The van der Waals surface area contributed by atoms with Gasteiger partial charge >= 0.3 is 12.2 Å². The highest BCUT2D eigenvalue weighted by Crippen LogP contribution is 2.40. The lowest BCUT2D eigenvalue weighted by atomic mass is 9.98. The quantitative estimate of drug-likeness (QED) is 0.364. The first-order valence-corrected chi connectivity index (χ1v) is 11.4. The second-order valence-electron chi connectivity index (χ2n) is 7.33. The molecule has 0 fully saturated rings. The Morgan fingerprint density at radius 1 is 1.09 bits per heavy atom. The zero-order valence-corrected chi connectivity index (χ0v) is 19.7. The molecule has 4 aromatic rings. The van der Waals surface area contributed by atoms with Crippen LogP contribution in [0, 0.1) is 6.92 Å². The number of rotatable bonds is 6. The van der Waals surface area contributed by atoms with E-state index in [0.717, 1.165) is 16.7 Å². The first kappa shape index (κ1) is 24.3. The maximum absolute atomic E-state index is 13.3. The van der Waals surface area contributed by atoms with Gasteiger partial charge in [-0.2, -0.15) is 13.2 Å². The fourth-order valence-corrected chi connectivity index (χ4v) is 4.16. The van der Waals surface area contributed by atoms with Gasteiger partial charge in [-0.15, -0.1) is 21.5 Å². The number of carbonyl (C=O) groups excluding carboxylic acids is 1. The van der Waals surface area contributed by atoms with Crippen LogP contribution in [0.25, 0.3) is 33.2 Å². The van der Waals surface area contributed by atoms with Gasteiger partial charge in [-0.1, -0.05) is 6.92 Å². The van der Waals surface area contributed by atoms with Crippen LogP contribution < -0.4 is 10.6 Å². The van der Waals surface area contributed by atoms with Gasteiger partial charge in [0.1, 0.15) is 10.8 Å². The molecule has 0 aliphatic carbocycles. The van der Waals surface area contributed by atoms with Gasteiger partial charge in [0.2, 0.25) is 11.8 Å². The first-order valence-electron chi connectivity index (χ1n) is 10.6. The normalized spacial score (nSPS) is 11.5. The predicted octanol–water partition coefficient (Wildman–Crippen LogP) is 5.35. The number of hydrogen-bond donors (Lipinski definition) is 2. The van der Waals surface area contributed by atoms with Crippen LogP contribution in [0.15, 0.2) is 34.3 Å². The third kappa shape index (κ3) is 5.29. The van der Waals surface area contributed by atoms with Crippen molar-refractivity contribution in [2.45, 2.75) is 33.4 Å². The van der Waals surface area contributed by atoms with Crippen molar-refractivity contribution < 1.29 is 22.4 Å². The lowest BCUT2D eigenvalue weighted by Crippen LogP contribution is -2.28. The van der Waals surface area contributed by atoms with Crippen LogP contribution in [0.2, 0.25) is 0 Å². The Labute approximate surface area is 201 Å². The number of anilines is 1. The van der Waals surface area contributed by atoms with Crippen molar-refractivity contribution >= 4 is 23.2 Å². The maximum atomic E-state index is 13.3. The van der Waals surface area contributed by atoms with Gasteiger partial charge in [0.05, 0.1) is 5.56 Å². The molecule has 4 rings (SSSR count). The minimum atomic E-state index is -4.59. The SMILES string of the molecule is CCNC(=O)Nc1cc(-c2nc(C(F)(F)F)cs2)c(-c2cc(-c3nnc(C)o3)cnc2CC)cn1. The number of hydrogen-bond acceptors (Lipinski definition) is 8. The Bertz CT molecular complexity index is 1370. The molecule has 0 saturated heterocycles. The van der Waals surface area contributed by atoms with Crippen molar-refractivity contribution in [3.8, 4) is 33.2 Å². The van der Waals surface area contributed by atoms with E-state index in [-0.39, 0.29) is 16.7 Å². The Balaban J connectivity index is 1.88. The molecule has 13 heteroatoms. The number of nitrogens with zero attached hydrogens (tertiary/aromatic N) is 5. The van der Waals surface area contributed by atoms with E-state index in [9.17, 15) is 18.0 Å². The van der Waals surface area contributed by atoms with E-state index < -0.39 is 17.9 Å². The molecule has 0 aromatic carbocycles. The summed E-state index contributed by atoms with van der Waals surface area (Å²) in [5.74, 6) is 0.802. The summed E-state index contributed by atoms with van der Waals surface area (Å²) in [4.78, 5) is 24.6. The molecule has 0 aliphatic rings. The first-order chi connectivity index (χ1) is 16.7. The predicted molar refractivity (Wildman–Crippen MR) is 124 cm³/mol. The number of amides is 2. The van der Waals surface area contributed by atoms with Gasteiger partial charge in [-0.25, -0.2) is 14.8 Å². The third-order valence-electron chi connectivity index (χ3n) is 4.88. The average Bonchev–Trinajstić information content (AvgIpc) is 3.48. The van der Waals surface area contributed by atoms with E-state index in [4.69, 9.17) is 4.42 Å². The van der Waals surface area contributed by atoms with Crippen molar-refractivity contribution in [2.24, 2.45) is 0 Å². The van der Waals surface area contributed by atoms with E-state index >= 15 is 0 Å². The van der Waals surface area contributed by atoms with E-state index in [1.54, 1.807) is 26.1 Å². The zero-order chi connectivity index (χ0) is 25.2. The number of aryl methyl sites for hydroxylation is 2. The van der Waals surface area contributed by atoms with Gasteiger partial charge in [-0.3, -0.25) is 10.3 Å². The molecule has 2 N–H and O–H groups in total. The van der Waals surface area contributed by atoms with Gasteiger partial charge in [0.15, 0.2) is 5.69 Å². The van der Waals surface area contributed by atoms with Crippen LogP contribution in [-0.4, -0.2) is 37.7 Å². The van der Waals surface area contributed by atoms with Gasteiger partial charge in [-0.05, 0) is 25.5 Å². The molecule has 2 amide bonds. The highest BCUT2D eigenvalue weighted by molar-refractivity contribution is 7.13. The summed E-state index contributed by atoms with van der Waals surface area (Å²) in [6, 6.07) is 2.78. The summed E-state index contributed by atoms with van der Waals surface area (Å²) < 4.78 is 45.3. The van der Waals surface area contributed by atoms with Gasteiger partial charge in [0.25, 0.3) is 0 Å². The maximum Gasteiger partial charge on any atom is 0.434 e. The van der Waals surface area contributed by atoms with Crippen molar-refractivity contribution in [3.63, 3.8) is 0 Å². The highest BCUT2D eigenvalue weighted by atomic mass is 32.1. The zero-order valence-electron chi connectivity index (χ0n) is 18.9. The summed E-state index contributed by atoms with van der Waals surface area (Å²) >= 11 is 0.845. The molecule has 35 heavy (non-hydrogen) atoms. The minimum Gasteiger partial charge on any atom is -0.421 e. The second kappa shape index (κ2) is 9.78. The van der Waals surface area contributed by atoms with Crippen molar-refractivity contribution in [1.29, 1.82) is 0 Å². The Kier molecular flexibility index (Phi) is 6.78. The number of alkyl halides is 3. The summed E-state index contributed by atoms with van der Waals surface area (Å²) in [7, 11) is 0. The molecule has 0 bridgehead atoms. The Hall–Kier alpha value is -3.87. The second-order valence-corrected chi connectivity index (χ2v) is 8.19. The number of urea groups is 1. The Morgan fingerprint density at radius 2 is 1.89 bits per heavy atom. The van der Waals surface area contributed by atoms with Crippen LogP contribution in [-0.2, 0) is 12.6 Å². The molecular weight excluding hydrogens is 483 g/mol. The molecule has 0 unspecified atom stereocenters. The third-order valence-corrected chi connectivity index (χ3v) is 5.75. The number of aromatic nitrogens is 5. The van der Waals surface area contributed by atoms with E-state index in [0.29, 0.717) is 46.8 Å². The molecule has 4 aromatic heterocycles. The van der Waals surface area contributed by atoms with Gasteiger partial charge < -0.3 is 9.73 Å². The topological polar surface area (TPSA) is 119 Å². The summed E-state index contributed by atoms with van der Waals surface area (Å²) in [5, 5.41) is 14.1. The lowest BCUT2D eigenvalue weighted by molar-refractivity contribution is -0.140. The number of carbonyl (C=O) groups is 1. The molecule has 0 atom stereocenters. The number of thiazole rings is 1. The summed E-state index contributed by atoms with van der Waals surface area (Å²) in [6.45, 7) is 5.72. The van der Waals surface area contributed by atoms with E-state index in [1.807, 2.05) is 6.92 Å².